The summed E-state index contributed by atoms with van der Waals surface area (Å²) in [6.07, 6.45) is 5.50. The molecule has 1 aromatic carbocycles. The Labute approximate surface area is 74.4 Å². The molecule has 0 saturated heterocycles. The van der Waals surface area contributed by atoms with Gasteiger partial charge in [0, 0.05) is 0 Å². The van der Waals surface area contributed by atoms with Gasteiger partial charge in [0.2, 0.25) is 0 Å². The van der Waals surface area contributed by atoms with E-state index < -0.39 is 0 Å². The molecule has 0 unspecified atom stereocenters. The Morgan fingerprint density at radius 2 is 2.33 bits per heavy atom. The van der Waals surface area contributed by atoms with Gasteiger partial charge in [0.1, 0.15) is 0 Å². The molecule has 1 heterocycles. The maximum atomic E-state index is 4.28. The molecule has 12 heavy (non-hydrogen) atoms. The Balaban J connectivity index is 2.52. The maximum absolute atomic E-state index is 4.28. The van der Waals surface area contributed by atoms with Gasteiger partial charge >= 0.3 is 0 Å². The van der Waals surface area contributed by atoms with Crippen LogP contribution >= 0.6 is 11.3 Å². The second-order valence-corrected chi connectivity index (χ2v) is 3.80. The Kier molecular flexibility index (Phi) is 1.15. The first-order valence-electron chi connectivity index (χ1n) is 3.97. The zero-order chi connectivity index (χ0) is 7.97. The third-order valence-electron chi connectivity index (χ3n) is 2.25. The standard InChI is InChI=1S/C10H7NS/c1-2-7-4-5-9-10(8(7)3-1)12-6-11-9/h1,3-6H,2H2. The summed E-state index contributed by atoms with van der Waals surface area (Å²) >= 11 is 1.73. The average Bonchev–Trinajstić information content (AvgIpc) is 2.71. The first kappa shape index (κ1) is 6.38. The van der Waals surface area contributed by atoms with Gasteiger partial charge in [-0.25, -0.2) is 4.98 Å². The molecule has 1 aromatic heterocycles. The van der Waals surface area contributed by atoms with E-state index in [1.807, 2.05) is 5.51 Å². The Morgan fingerprint density at radius 1 is 1.33 bits per heavy atom. The van der Waals surface area contributed by atoms with Gasteiger partial charge < -0.3 is 0 Å². The minimum Gasteiger partial charge on any atom is -0.245 e. The molecule has 58 valence electrons. The molecule has 0 N–H and O–H groups in total. The van der Waals surface area contributed by atoms with E-state index in [4.69, 9.17) is 0 Å². The van der Waals surface area contributed by atoms with Crippen molar-refractivity contribution in [3.05, 3.63) is 34.8 Å². The minimum atomic E-state index is 1.09. The monoisotopic (exact) mass is 173 g/mol. The Bertz CT molecular complexity index is 468. The van der Waals surface area contributed by atoms with Gasteiger partial charge in [-0.2, -0.15) is 0 Å². The van der Waals surface area contributed by atoms with Crippen molar-refractivity contribution in [3.63, 3.8) is 0 Å². The molecule has 3 rings (SSSR count). The number of thiazole rings is 1. The van der Waals surface area contributed by atoms with Crippen LogP contribution in [0.5, 0.6) is 0 Å². The van der Waals surface area contributed by atoms with Crippen LogP contribution in [0.25, 0.3) is 16.3 Å². The van der Waals surface area contributed by atoms with Crippen LogP contribution in [0.15, 0.2) is 23.7 Å². The highest BCUT2D eigenvalue weighted by Gasteiger charge is 2.09. The largest absolute Gasteiger partial charge is 0.245 e. The average molecular weight is 173 g/mol. The predicted octanol–water partition coefficient (Wildman–Crippen LogP) is 2.87. The molecule has 2 heteroatoms. The van der Waals surface area contributed by atoms with Crippen LogP contribution in [0.3, 0.4) is 0 Å². The third-order valence-corrected chi connectivity index (χ3v) is 3.13. The number of benzene rings is 1. The fourth-order valence-corrected chi connectivity index (χ4v) is 2.49. The van der Waals surface area contributed by atoms with Crippen molar-refractivity contribution >= 4 is 27.6 Å². The van der Waals surface area contributed by atoms with Gasteiger partial charge in [-0.1, -0.05) is 18.2 Å². The van der Waals surface area contributed by atoms with Crippen molar-refractivity contribution in [1.29, 1.82) is 0 Å². The van der Waals surface area contributed by atoms with Gasteiger partial charge in [0.05, 0.1) is 15.7 Å². The highest BCUT2D eigenvalue weighted by molar-refractivity contribution is 7.17. The number of allylic oxidation sites excluding steroid dienone is 1. The minimum absolute atomic E-state index is 1.09. The van der Waals surface area contributed by atoms with E-state index in [1.165, 1.54) is 15.8 Å². The van der Waals surface area contributed by atoms with Gasteiger partial charge in [-0.3, -0.25) is 0 Å². The summed E-state index contributed by atoms with van der Waals surface area (Å²) in [7, 11) is 0. The molecule has 0 bridgehead atoms. The van der Waals surface area contributed by atoms with Gasteiger partial charge in [0.25, 0.3) is 0 Å². The number of nitrogens with zero attached hydrogens (tertiary/aromatic N) is 1. The predicted molar refractivity (Wildman–Crippen MR) is 52.4 cm³/mol. The van der Waals surface area contributed by atoms with Crippen molar-refractivity contribution in [1.82, 2.24) is 4.98 Å². The molecular formula is C10H7NS. The molecule has 2 aromatic rings. The van der Waals surface area contributed by atoms with E-state index in [2.05, 4.69) is 29.3 Å². The summed E-state index contributed by atoms with van der Waals surface area (Å²) in [4.78, 5) is 4.28. The number of aromatic nitrogens is 1. The van der Waals surface area contributed by atoms with E-state index in [0.29, 0.717) is 0 Å². The van der Waals surface area contributed by atoms with E-state index >= 15 is 0 Å². The fraction of sp³-hybridized carbons (Fsp3) is 0.100. The lowest BCUT2D eigenvalue weighted by Crippen LogP contribution is -1.80. The number of rotatable bonds is 0. The summed E-state index contributed by atoms with van der Waals surface area (Å²) < 4.78 is 1.33. The van der Waals surface area contributed by atoms with Crippen LogP contribution in [0.1, 0.15) is 11.1 Å². The lowest BCUT2D eigenvalue weighted by Gasteiger charge is -1.97. The smallest absolute Gasteiger partial charge is 0.0818 e. The first-order chi connectivity index (χ1) is 5.95. The van der Waals surface area contributed by atoms with Crippen LogP contribution in [0.2, 0.25) is 0 Å². The molecule has 0 atom stereocenters. The highest BCUT2D eigenvalue weighted by Crippen LogP contribution is 2.30. The van der Waals surface area contributed by atoms with E-state index in [-0.39, 0.29) is 0 Å². The zero-order valence-electron chi connectivity index (χ0n) is 6.45. The van der Waals surface area contributed by atoms with Gasteiger partial charge in [0.15, 0.2) is 0 Å². The van der Waals surface area contributed by atoms with Crippen LogP contribution in [0.4, 0.5) is 0 Å². The summed E-state index contributed by atoms with van der Waals surface area (Å²) in [5.41, 5.74) is 5.86. The molecule has 1 aliphatic carbocycles. The van der Waals surface area contributed by atoms with Crippen molar-refractivity contribution in [2.24, 2.45) is 0 Å². The van der Waals surface area contributed by atoms with Crippen molar-refractivity contribution < 1.29 is 0 Å². The fourth-order valence-electron chi connectivity index (χ4n) is 1.65. The van der Waals surface area contributed by atoms with Gasteiger partial charge in [-0.15, -0.1) is 11.3 Å². The van der Waals surface area contributed by atoms with Crippen LogP contribution in [0, 0.1) is 0 Å². The van der Waals surface area contributed by atoms with Crippen LogP contribution in [-0.2, 0) is 6.42 Å². The van der Waals surface area contributed by atoms with E-state index in [0.717, 1.165) is 11.9 Å². The molecule has 0 radical (unpaired) electrons. The number of hydrogen-bond donors (Lipinski definition) is 0. The van der Waals surface area contributed by atoms with Crippen LogP contribution in [-0.4, -0.2) is 4.98 Å². The molecule has 0 amide bonds. The number of fused-ring (bicyclic) bond motifs is 3. The normalized spacial score (nSPS) is 14.0. The summed E-state index contributed by atoms with van der Waals surface area (Å²) in [6.45, 7) is 0. The van der Waals surface area contributed by atoms with E-state index in [9.17, 15) is 0 Å². The van der Waals surface area contributed by atoms with Crippen molar-refractivity contribution in [2.75, 3.05) is 0 Å². The van der Waals surface area contributed by atoms with E-state index in [1.54, 1.807) is 11.3 Å². The maximum Gasteiger partial charge on any atom is 0.0818 e. The lowest BCUT2D eigenvalue weighted by atomic mass is 10.1. The Hall–Kier alpha value is -1.15. The molecule has 0 aliphatic heterocycles. The van der Waals surface area contributed by atoms with Crippen LogP contribution < -0.4 is 0 Å². The lowest BCUT2D eigenvalue weighted by molar-refractivity contribution is 1.32. The van der Waals surface area contributed by atoms with Crippen molar-refractivity contribution in [3.8, 4) is 0 Å². The molecule has 1 nitrogen and oxygen atoms in total. The quantitative estimate of drug-likeness (QED) is 0.597. The summed E-state index contributed by atoms with van der Waals surface area (Å²) in [6, 6.07) is 4.29. The second-order valence-electron chi connectivity index (χ2n) is 2.95. The Morgan fingerprint density at radius 3 is 3.33 bits per heavy atom. The second kappa shape index (κ2) is 2.17. The SMILES string of the molecule is C1=Cc2c(ccc3ncsc23)C1. The molecular weight excluding hydrogens is 166 g/mol. The third kappa shape index (κ3) is 0.703. The molecule has 0 spiro atoms. The first-order valence-corrected chi connectivity index (χ1v) is 4.85. The number of hydrogen-bond acceptors (Lipinski definition) is 2. The molecule has 0 fully saturated rings. The topological polar surface area (TPSA) is 12.9 Å². The highest BCUT2D eigenvalue weighted by atomic mass is 32.1. The zero-order valence-corrected chi connectivity index (χ0v) is 7.27. The summed E-state index contributed by atoms with van der Waals surface area (Å²) in [5.74, 6) is 0. The molecule has 0 saturated carbocycles. The summed E-state index contributed by atoms with van der Waals surface area (Å²) in [5, 5.41) is 0. The molecule has 1 aliphatic rings. The van der Waals surface area contributed by atoms with Crippen molar-refractivity contribution in [2.45, 2.75) is 6.42 Å². The van der Waals surface area contributed by atoms with Gasteiger partial charge in [-0.05, 0) is 23.6 Å².